The van der Waals surface area contributed by atoms with Gasteiger partial charge in [-0.05, 0) is 29.8 Å². The Labute approximate surface area is 162 Å². The fourth-order valence-corrected chi connectivity index (χ4v) is 3.32. The molecule has 0 spiro atoms. The van der Waals surface area contributed by atoms with E-state index < -0.39 is 0 Å². The number of carbonyl (C=O) groups is 1. The van der Waals surface area contributed by atoms with Gasteiger partial charge in [-0.2, -0.15) is 0 Å². The molecule has 0 saturated heterocycles. The van der Waals surface area contributed by atoms with Crippen LogP contribution >= 0.6 is 11.6 Å². The molecular weight excluding hydrogens is 362 g/mol. The van der Waals surface area contributed by atoms with Gasteiger partial charge in [0.25, 0.3) is 5.91 Å². The van der Waals surface area contributed by atoms with Crippen LogP contribution in [0, 0.1) is 0 Å². The first-order valence-electron chi connectivity index (χ1n) is 8.70. The van der Waals surface area contributed by atoms with Crippen LogP contribution in [0.1, 0.15) is 15.9 Å². The molecular formula is C21H18ClN3O2. The highest BCUT2D eigenvalue weighted by Gasteiger charge is 2.26. The molecule has 0 saturated carbocycles. The first kappa shape index (κ1) is 17.4. The summed E-state index contributed by atoms with van der Waals surface area (Å²) >= 11 is 6.32. The van der Waals surface area contributed by atoms with Gasteiger partial charge in [-0.15, -0.1) is 0 Å². The molecule has 136 valence electrons. The van der Waals surface area contributed by atoms with E-state index in [1.807, 2.05) is 47.4 Å². The topological polar surface area (TPSA) is 54.5 Å². The maximum Gasteiger partial charge on any atom is 0.255 e. The summed E-state index contributed by atoms with van der Waals surface area (Å²) in [5.74, 6) is 1.03. The molecule has 5 nitrogen and oxygen atoms in total. The Morgan fingerprint density at radius 3 is 2.78 bits per heavy atom. The van der Waals surface area contributed by atoms with E-state index in [0.717, 1.165) is 11.3 Å². The van der Waals surface area contributed by atoms with E-state index in [0.29, 0.717) is 41.8 Å². The van der Waals surface area contributed by atoms with Crippen LogP contribution in [0.15, 0.2) is 66.9 Å². The highest BCUT2D eigenvalue weighted by Crippen LogP contribution is 2.40. The minimum Gasteiger partial charge on any atom is -0.489 e. The third-order valence-electron chi connectivity index (χ3n) is 4.38. The Morgan fingerprint density at radius 2 is 1.96 bits per heavy atom. The fraction of sp³-hybridized carbons (Fsp3) is 0.143. The zero-order valence-corrected chi connectivity index (χ0v) is 15.3. The molecule has 3 aromatic rings. The largest absolute Gasteiger partial charge is 0.489 e. The molecule has 0 bridgehead atoms. The van der Waals surface area contributed by atoms with Crippen LogP contribution in [0.3, 0.4) is 0 Å². The third-order valence-corrected chi connectivity index (χ3v) is 4.68. The molecule has 6 heteroatoms. The molecule has 0 radical (unpaired) electrons. The van der Waals surface area contributed by atoms with Crippen LogP contribution in [0.4, 0.5) is 11.5 Å². The van der Waals surface area contributed by atoms with Crippen molar-refractivity contribution in [1.29, 1.82) is 0 Å². The van der Waals surface area contributed by atoms with Crippen molar-refractivity contribution in [3.05, 3.63) is 83.0 Å². The Bertz CT molecular complexity index is 963. The van der Waals surface area contributed by atoms with Crippen molar-refractivity contribution < 1.29 is 9.53 Å². The standard InChI is InChI=1S/C21H18ClN3O2/c22-17-9-5-11-23-20(17)25-12-13-27-19-16(8-4-10-18(19)25)21(26)24-14-15-6-2-1-3-7-15/h1-11H,12-14H2,(H,24,26). The van der Waals surface area contributed by atoms with Crippen LogP contribution in [0.2, 0.25) is 5.02 Å². The van der Waals surface area contributed by atoms with E-state index in [1.165, 1.54) is 0 Å². The molecule has 1 amide bonds. The molecule has 0 unspecified atom stereocenters. The van der Waals surface area contributed by atoms with Gasteiger partial charge < -0.3 is 15.0 Å². The highest BCUT2D eigenvalue weighted by atomic mass is 35.5. The number of hydrogen-bond acceptors (Lipinski definition) is 4. The van der Waals surface area contributed by atoms with E-state index in [1.54, 1.807) is 24.4 Å². The number of ether oxygens (including phenoxy) is 1. The summed E-state index contributed by atoms with van der Waals surface area (Å²) in [6.45, 7) is 1.51. The molecule has 27 heavy (non-hydrogen) atoms. The number of para-hydroxylation sites is 1. The number of fused-ring (bicyclic) bond motifs is 1. The number of hydrogen-bond donors (Lipinski definition) is 1. The van der Waals surface area contributed by atoms with Crippen molar-refractivity contribution in [2.45, 2.75) is 6.54 Å². The van der Waals surface area contributed by atoms with E-state index in [2.05, 4.69) is 10.3 Å². The van der Waals surface area contributed by atoms with Crippen LogP contribution < -0.4 is 15.0 Å². The second-order valence-corrected chi connectivity index (χ2v) is 6.54. The second-order valence-electron chi connectivity index (χ2n) is 6.13. The van der Waals surface area contributed by atoms with E-state index in [4.69, 9.17) is 16.3 Å². The third kappa shape index (κ3) is 3.59. The lowest BCUT2D eigenvalue weighted by Gasteiger charge is -2.31. The lowest BCUT2D eigenvalue weighted by molar-refractivity contribution is 0.0946. The Hall–Kier alpha value is -3.05. The van der Waals surface area contributed by atoms with Gasteiger partial charge in [-0.25, -0.2) is 4.98 Å². The van der Waals surface area contributed by atoms with Gasteiger partial charge in [-0.3, -0.25) is 4.79 Å². The summed E-state index contributed by atoms with van der Waals surface area (Å²) in [7, 11) is 0. The lowest BCUT2D eigenvalue weighted by Crippen LogP contribution is -2.31. The van der Waals surface area contributed by atoms with Crippen molar-refractivity contribution in [2.24, 2.45) is 0 Å². The second kappa shape index (κ2) is 7.68. The van der Waals surface area contributed by atoms with Gasteiger partial charge in [0.15, 0.2) is 11.6 Å². The number of pyridine rings is 1. The van der Waals surface area contributed by atoms with Crippen LogP contribution in [-0.4, -0.2) is 24.0 Å². The van der Waals surface area contributed by atoms with Gasteiger partial charge in [0.1, 0.15) is 6.61 Å². The molecule has 1 aliphatic heterocycles. The number of benzene rings is 2. The number of nitrogens with one attached hydrogen (secondary N) is 1. The van der Waals surface area contributed by atoms with Gasteiger partial charge in [0.05, 0.1) is 22.8 Å². The van der Waals surface area contributed by atoms with Crippen molar-refractivity contribution in [3.63, 3.8) is 0 Å². The molecule has 1 aliphatic rings. The van der Waals surface area contributed by atoms with Gasteiger partial charge in [0, 0.05) is 12.7 Å². The Morgan fingerprint density at radius 1 is 1.11 bits per heavy atom. The van der Waals surface area contributed by atoms with Gasteiger partial charge in [-0.1, -0.05) is 48.0 Å². The van der Waals surface area contributed by atoms with Crippen molar-refractivity contribution in [2.75, 3.05) is 18.1 Å². The number of aromatic nitrogens is 1. The van der Waals surface area contributed by atoms with Crippen LogP contribution in [0.25, 0.3) is 0 Å². The molecule has 1 aromatic heterocycles. The summed E-state index contributed by atoms with van der Waals surface area (Å²) in [4.78, 5) is 19.1. The summed E-state index contributed by atoms with van der Waals surface area (Å²) < 4.78 is 5.85. The number of anilines is 2. The quantitative estimate of drug-likeness (QED) is 0.738. The van der Waals surface area contributed by atoms with E-state index in [-0.39, 0.29) is 5.91 Å². The summed E-state index contributed by atoms with van der Waals surface area (Å²) in [5.41, 5.74) is 2.33. The first-order valence-corrected chi connectivity index (χ1v) is 9.08. The minimum atomic E-state index is -0.176. The monoisotopic (exact) mass is 379 g/mol. The number of amides is 1. The van der Waals surface area contributed by atoms with Crippen LogP contribution in [-0.2, 0) is 6.54 Å². The van der Waals surface area contributed by atoms with E-state index in [9.17, 15) is 4.79 Å². The van der Waals surface area contributed by atoms with Crippen molar-refractivity contribution in [3.8, 4) is 5.75 Å². The summed E-state index contributed by atoms with van der Waals surface area (Å²) in [5, 5.41) is 3.51. The minimum absolute atomic E-state index is 0.176. The lowest BCUT2D eigenvalue weighted by atomic mass is 10.1. The molecule has 1 N–H and O–H groups in total. The Kier molecular flexibility index (Phi) is 4.94. The SMILES string of the molecule is O=C(NCc1ccccc1)c1cccc2c1OCCN2c1ncccc1Cl. The smallest absolute Gasteiger partial charge is 0.255 e. The normalized spacial score (nSPS) is 12.9. The summed E-state index contributed by atoms with van der Waals surface area (Å²) in [6.07, 6.45) is 1.70. The molecule has 0 atom stereocenters. The average Bonchev–Trinajstić information content (AvgIpc) is 2.72. The predicted octanol–water partition coefficient (Wildman–Crippen LogP) is 4.20. The first-order chi connectivity index (χ1) is 13.2. The van der Waals surface area contributed by atoms with E-state index >= 15 is 0 Å². The number of halogens is 1. The van der Waals surface area contributed by atoms with Gasteiger partial charge in [0.2, 0.25) is 0 Å². The predicted molar refractivity (Wildman–Crippen MR) is 106 cm³/mol. The zero-order chi connectivity index (χ0) is 18.6. The maximum absolute atomic E-state index is 12.7. The molecule has 2 heterocycles. The number of rotatable bonds is 4. The molecule has 4 rings (SSSR count). The molecule has 0 fully saturated rings. The number of nitrogens with zero attached hydrogens (tertiary/aromatic N) is 2. The molecule has 2 aromatic carbocycles. The highest BCUT2D eigenvalue weighted by molar-refractivity contribution is 6.33. The van der Waals surface area contributed by atoms with Crippen molar-refractivity contribution >= 4 is 29.0 Å². The fourth-order valence-electron chi connectivity index (χ4n) is 3.10. The zero-order valence-electron chi connectivity index (χ0n) is 14.6. The molecule has 0 aliphatic carbocycles. The maximum atomic E-state index is 12.7. The average molecular weight is 380 g/mol. The van der Waals surface area contributed by atoms with Crippen LogP contribution in [0.5, 0.6) is 5.75 Å². The number of carbonyl (C=O) groups excluding carboxylic acids is 1. The van der Waals surface area contributed by atoms with Crippen molar-refractivity contribution in [1.82, 2.24) is 10.3 Å². The van der Waals surface area contributed by atoms with Gasteiger partial charge >= 0.3 is 0 Å². The Balaban J connectivity index is 1.62. The summed E-state index contributed by atoms with van der Waals surface area (Å²) in [6, 6.07) is 18.9.